The Morgan fingerprint density at radius 3 is 2.86 bits per heavy atom. The fourth-order valence-electron chi connectivity index (χ4n) is 3.53. The smallest absolute Gasteiger partial charge is 0.270 e. The van der Waals surface area contributed by atoms with Gasteiger partial charge in [0.1, 0.15) is 5.82 Å². The van der Waals surface area contributed by atoms with Crippen molar-refractivity contribution in [2.24, 2.45) is 0 Å². The average molecular weight is 393 g/mol. The number of rotatable bonds is 4. The molecule has 0 radical (unpaired) electrons. The van der Waals surface area contributed by atoms with Crippen LogP contribution in [0.25, 0.3) is 10.9 Å². The van der Waals surface area contributed by atoms with E-state index in [-0.39, 0.29) is 11.6 Å². The third-order valence-corrected chi connectivity index (χ3v) is 5.04. The van der Waals surface area contributed by atoms with Crippen molar-refractivity contribution >= 4 is 28.4 Å². The van der Waals surface area contributed by atoms with Gasteiger partial charge in [0.05, 0.1) is 28.0 Å². The number of aromatic nitrogens is 3. The molecule has 1 saturated heterocycles. The van der Waals surface area contributed by atoms with Crippen molar-refractivity contribution in [3.63, 3.8) is 0 Å². The van der Waals surface area contributed by atoms with Gasteiger partial charge in [0.2, 0.25) is 5.89 Å². The number of fused-ring (bicyclic) bond motifs is 1. The van der Waals surface area contributed by atoms with Gasteiger partial charge in [-0.2, -0.15) is 10.2 Å². The first-order chi connectivity index (χ1) is 14.0. The van der Waals surface area contributed by atoms with Crippen molar-refractivity contribution in [3.8, 4) is 6.07 Å². The summed E-state index contributed by atoms with van der Waals surface area (Å²) in [6.07, 6.45) is 1.85. The minimum absolute atomic E-state index is 0.0605. The van der Waals surface area contributed by atoms with Crippen LogP contribution in [-0.4, -0.2) is 47.2 Å². The predicted octanol–water partition coefficient (Wildman–Crippen LogP) is 2.85. The quantitative estimate of drug-likeness (QED) is 0.486. The van der Waals surface area contributed by atoms with E-state index in [9.17, 15) is 15.4 Å². The molecule has 0 aliphatic carbocycles. The summed E-state index contributed by atoms with van der Waals surface area (Å²) in [5.74, 6) is 1.87. The number of nitrogens with zero attached hydrogens (tertiary/aromatic N) is 7. The maximum absolute atomic E-state index is 11.0. The number of nitro groups is 1. The standard InChI is InChI=1S/C19H19N7O3/c1-24(2)19-22-18(29-23-19)12-4-3-7-25(11-12)17-8-13(10-20)15-9-14(26(27)28)5-6-16(15)21-17/h5-6,8-9,12H,3-4,7,11H2,1-2H3. The molecule has 2 aromatic heterocycles. The van der Waals surface area contributed by atoms with Gasteiger partial charge in [-0.05, 0) is 30.1 Å². The molecule has 0 saturated carbocycles. The lowest BCUT2D eigenvalue weighted by Crippen LogP contribution is -2.35. The number of hydrogen-bond donors (Lipinski definition) is 0. The highest BCUT2D eigenvalue weighted by Crippen LogP contribution is 2.31. The van der Waals surface area contributed by atoms with E-state index in [4.69, 9.17) is 4.52 Å². The molecule has 3 aromatic rings. The number of piperidine rings is 1. The molecule has 0 spiro atoms. The molecule has 3 heterocycles. The first-order valence-corrected chi connectivity index (χ1v) is 9.21. The van der Waals surface area contributed by atoms with E-state index in [1.807, 2.05) is 14.1 Å². The number of non-ortho nitro benzene ring substituents is 1. The van der Waals surface area contributed by atoms with Crippen LogP contribution in [0.4, 0.5) is 17.5 Å². The van der Waals surface area contributed by atoms with Crippen molar-refractivity contribution in [1.29, 1.82) is 5.26 Å². The Kier molecular flexibility index (Phi) is 4.72. The van der Waals surface area contributed by atoms with E-state index in [0.717, 1.165) is 19.4 Å². The van der Waals surface area contributed by atoms with Gasteiger partial charge >= 0.3 is 0 Å². The van der Waals surface area contributed by atoms with E-state index in [1.165, 1.54) is 12.1 Å². The van der Waals surface area contributed by atoms with Crippen LogP contribution in [0, 0.1) is 21.4 Å². The molecule has 1 fully saturated rings. The number of nitro benzene ring substituents is 1. The van der Waals surface area contributed by atoms with Crippen LogP contribution in [0.5, 0.6) is 0 Å². The fourth-order valence-corrected chi connectivity index (χ4v) is 3.53. The summed E-state index contributed by atoms with van der Waals surface area (Å²) >= 11 is 0. The Balaban J connectivity index is 1.65. The van der Waals surface area contributed by atoms with Crippen molar-refractivity contribution in [2.45, 2.75) is 18.8 Å². The molecule has 1 aromatic carbocycles. The summed E-state index contributed by atoms with van der Waals surface area (Å²) in [6.45, 7) is 1.44. The first-order valence-electron chi connectivity index (χ1n) is 9.21. The second-order valence-electron chi connectivity index (χ2n) is 7.21. The Labute approximate surface area is 166 Å². The van der Waals surface area contributed by atoms with Gasteiger partial charge in [-0.1, -0.05) is 0 Å². The van der Waals surface area contributed by atoms with Crippen LogP contribution >= 0.6 is 0 Å². The Morgan fingerprint density at radius 1 is 1.34 bits per heavy atom. The van der Waals surface area contributed by atoms with Gasteiger partial charge < -0.3 is 14.3 Å². The number of hydrogen-bond acceptors (Lipinski definition) is 9. The van der Waals surface area contributed by atoms with Crippen molar-refractivity contribution in [3.05, 3.63) is 45.8 Å². The first kappa shape index (κ1) is 18.6. The van der Waals surface area contributed by atoms with Gasteiger partial charge in [-0.3, -0.25) is 10.1 Å². The normalized spacial score (nSPS) is 16.6. The van der Waals surface area contributed by atoms with E-state index in [1.54, 1.807) is 17.0 Å². The highest BCUT2D eigenvalue weighted by molar-refractivity contribution is 5.88. The molecule has 1 aliphatic heterocycles. The SMILES string of the molecule is CN(C)c1noc(C2CCCN(c3cc(C#N)c4cc([N+](=O)[O-])ccc4n3)C2)n1. The Hall–Kier alpha value is -3.74. The minimum atomic E-state index is -0.476. The second-order valence-corrected chi connectivity index (χ2v) is 7.21. The highest BCUT2D eigenvalue weighted by Gasteiger charge is 2.27. The largest absolute Gasteiger partial charge is 0.356 e. The molecule has 148 valence electrons. The number of pyridine rings is 1. The maximum Gasteiger partial charge on any atom is 0.270 e. The number of nitriles is 1. The molecule has 0 N–H and O–H groups in total. The Bertz CT molecular complexity index is 1120. The summed E-state index contributed by atoms with van der Waals surface area (Å²) < 4.78 is 5.43. The Morgan fingerprint density at radius 2 is 2.17 bits per heavy atom. The van der Waals surface area contributed by atoms with Crippen molar-refractivity contribution in [1.82, 2.24) is 15.1 Å². The van der Waals surface area contributed by atoms with Crippen LogP contribution in [0.2, 0.25) is 0 Å². The lowest BCUT2D eigenvalue weighted by atomic mass is 9.97. The van der Waals surface area contributed by atoms with Crippen LogP contribution in [0.3, 0.4) is 0 Å². The monoisotopic (exact) mass is 393 g/mol. The summed E-state index contributed by atoms with van der Waals surface area (Å²) in [5, 5.41) is 25.1. The summed E-state index contributed by atoms with van der Waals surface area (Å²) in [7, 11) is 3.71. The van der Waals surface area contributed by atoms with Crippen molar-refractivity contribution in [2.75, 3.05) is 37.0 Å². The fraction of sp³-hybridized carbons (Fsp3) is 0.368. The molecule has 0 bridgehead atoms. The lowest BCUT2D eigenvalue weighted by molar-refractivity contribution is -0.384. The highest BCUT2D eigenvalue weighted by atomic mass is 16.6. The molecule has 29 heavy (non-hydrogen) atoms. The van der Waals surface area contributed by atoms with Crippen LogP contribution < -0.4 is 9.80 Å². The second kappa shape index (κ2) is 7.35. The predicted molar refractivity (Wildman–Crippen MR) is 106 cm³/mol. The molecule has 1 atom stereocenters. The third kappa shape index (κ3) is 3.54. The maximum atomic E-state index is 11.0. The molecular weight excluding hydrogens is 374 g/mol. The zero-order valence-corrected chi connectivity index (χ0v) is 16.1. The van der Waals surface area contributed by atoms with Gasteiger partial charge in [0.25, 0.3) is 11.6 Å². The van der Waals surface area contributed by atoms with Crippen LogP contribution in [0.15, 0.2) is 28.8 Å². The van der Waals surface area contributed by atoms with Crippen LogP contribution in [-0.2, 0) is 0 Å². The summed E-state index contributed by atoms with van der Waals surface area (Å²) in [4.78, 5) is 23.6. The zero-order valence-electron chi connectivity index (χ0n) is 16.1. The number of anilines is 2. The van der Waals surface area contributed by atoms with E-state index < -0.39 is 4.92 Å². The van der Waals surface area contributed by atoms with E-state index in [2.05, 4.69) is 26.1 Å². The van der Waals surface area contributed by atoms with Gasteiger partial charge in [-0.25, -0.2) is 4.98 Å². The molecular formula is C19H19N7O3. The molecule has 4 rings (SSSR count). The lowest BCUT2D eigenvalue weighted by Gasteiger charge is -2.32. The molecule has 1 aliphatic rings. The van der Waals surface area contributed by atoms with Gasteiger partial charge in [0.15, 0.2) is 0 Å². The summed E-state index contributed by atoms with van der Waals surface area (Å²) in [6, 6.07) is 8.21. The third-order valence-electron chi connectivity index (χ3n) is 5.04. The van der Waals surface area contributed by atoms with Gasteiger partial charge in [0, 0.05) is 44.7 Å². The van der Waals surface area contributed by atoms with Crippen LogP contribution in [0.1, 0.15) is 30.2 Å². The minimum Gasteiger partial charge on any atom is -0.356 e. The topological polar surface area (TPSA) is 125 Å². The number of benzene rings is 1. The van der Waals surface area contributed by atoms with E-state index >= 15 is 0 Å². The molecule has 10 heteroatoms. The zero-order chi connectivity index (χ0) is 20.5. The average Bonchev–Trinajstić information content (AvgIpc) is 3.23. The van der Waals surface area contributed by atoms with E-state index in [0.29, 0.717) is 40.7 Å². The van der Waals surface area contributed by atoms with Crippen molar-refractivity contribution < 1.29 is 9.45 Å². The molecule has 1 unspecified atom stereocenters. The molecule has 0 amide bonds. The summed E-state index contributed by atoms with van der Waals surface area (Å²) in [5.41, 5.74) is 0.859. The molecule has 10 nitrogen and oxygen atoms in total. The van der Waals surface area contributed by atoms with Gasteiger partial charge in [-0.15, -0.1) is 0 Å².